The van der Waals surface area contributed by atoms with Gasteiger partial charge in [0.15, 0.2) is 0 Å². The summed E-state index contributed by atoms with van der Waals surface area (Å²) in [6, 6.07) is 12.7. The van der Waals surface area contributed by atoms with Gasteiger partial charge in [0.2, 0.25) is 0 Å². The molecule has 0 saturated heterocycles. The first-order valence-electron chi connectivity index (χ1n) is 6.24. The molecule has 0 spiro atoms. The van der Waals surface area contributed by atoms with Crippen LogP contribution in [0.3, 0.4) is 0 Å². The first-order valence-corrected chi connectivity index (χ1v) is 6.24. The topological polar surface area (TPSA) is 35.2 Å². The minimum absolute atomic E-state index is 0.147. The van der Waals surface area contributed by atoms with Gasteiger partial charge in [-0.1, -0.05) is 24.3 Å². The van der Waals surface area contributed by atoms with E-state index < -0.39 is 0 Å². The monoisotopic (exact) mass is 259 g/mol. The molecular formula is C16H18FNO. The largest absolute Gasteiger partial charge is 0.497 e. The van der Waals surface area contributed by atoms with E-state index in [1.54, 1.807) is 26.2 Å². The molecule has 2 N–H and O–H groups in total. The molecule has 2 nitrogen and oxygen atoms in total. The van der Waals surface area contributed by atoms with Crippen LogP contribution in [-0.4, -0.2) is 7.11 Å². The highest BCUT2D eigenvalue weighted by molar-refractivity contribution is 5.32. The fourth-order valence-corrected chi connectivity index (χ4v) is 2.07. The molecule has 0 bridgehead atoms. The number of hydrogen-bond acceptors (Lipinski definition) is 2. The quantitative estimate of drug-likeness (QED) is 0.913. The van der Waals surface area contributed by atoms with Crippen molar-refractivity contribution in [1.29, 1.82) is 0 Å². The SMILES string of the molecule is COc1cccc(CC(N)c2ccc(F)c(C)c2)c1. The number of benzene rings is 2. The van der Waals surface area contributed by atoms with Gasteiger partial charge in [0, 0.05) is 6.04 Å². The van der Waals surface area contributed by atoms with Crippen LogP contribution in [0.1, 0.15) is 22.7 Å². The second-order valence-corrected chi connectivity index (χ2v) is 4.67. The molecule has 0 amide bonds. The van der Waals surface area contributed by atoms with Gasteiger partial charge in [-0.3, -0.25) is 0 Å². The Morgan fingerprint density at radius 1 is 1.21 bits per heavy atom. The molecule has 0 fully saturated rings. The summed E-state index contributed by atoms with van der Waals surface area (Å²) in [5.41, 5.74) is 8.85. The zero-order valence-electron chi connectivity index (χ0n) is 11.2. The zero-order valence-corrected chi connectivity index (χ0v) is 11.2. The summed E-state index contributed by atoms with van der Waals surface area (Å²) < 4.78 is 18.4. The first-order chi connectivity index (χ1) is 9.10. The third-order valence-electron chi connectivity index (χ3n) is 3.20. The predicted molar refractivity (Wildman–Crippen MR) is 74.8 cm³/mol. The average Bonchev–Trinajstić information content (AvgIpc) is 2.42. The zero-order chi connectivity index (χ0) is 13.8. The summed E-state index contributed by atoms with van der Waals surface area (Å²) in [4.78, 5) is 0. The molecular weight excluding hydrogens is 241 g/mol. The van der Waals surface area contributed by atoms with E-state index in [4.69, 9.17) is 10.5 Å². The van der Waals surface area contributed by atoms with Crippen molar-refractivity contribution in [3.63, 3.8) is 0 Å². The molecule has 0 radical (unpaired) electrons. The van der Waals surface area contributed by atoms with Crippen LogP contribution < -0.4 is 10.5 Å². The molecule has 0 saturated carbocycles. The summed E-state index contributed by atoms with van der Waals surface area (Å²) in [5.74, 6) is 0.623. The van der Waals surface area contributed by atoms with Crippen molar-refractivity contribution < 1.29 is 9.13 Å². The Kier molecular flexibility index (Phi) is 4.17. The van der Waals surface area contributed by atoms with Crippen LogP contribution in [0.2, 0.25) is 0 Å². The van der Waals surface area contributed by atoms with E-state index in [1.165, 1.54) is 6.07 Å². The van der Waals surface area contributed by atoms with Gasteiger partial charge in [0.05, 0.1) is 7.11 Å². The summed E-state index contributed by atoms with van der Waals surface area (Å²) in [7, 11) is 1.64. The van der Waals surface area contributed by atoms with Gasteiger partial charge < -0.3 is 10.5 Å². The minimum atomic E-state index is -0.197. The minimum Gasteiger partial charge on any atom is -0.497 e. The molecule has 0 heterocycles. The third-order valence-corrected chi connectivity index (χ3v) is 3.20. The standard InChI is InChI=1S/C16H18FNO/c1-11-8-13(6-7-15(11)17)16(18)10-12-4-3-5-14(9-12)19-2/h3-9,16H,10,18H2,1-2H3. The lowest BCUT2D eigenvalue weighted by molar-refractivity contribution is 0.414. The first kappa shape index (κ1) is 13.6. The van der Waals surface area contributed by atoms with Crippen molar-refractivity contribution in [2.45, 2.75) is 19.4 Å². The molecule has 0 aliphatic heterocycles. The Balaban J connectivity index is 2.15. The highest BCUT2D eigenvalue weighted by Gasteiger charge is 2.09. The van der Waals surface area contributed by atoms with E-state index in [-0.39, 0.29) is 11.9 Å². The second kappa shape index (κ2) is 5.85. The van der Waals surface area contributed by atoms with Crippen LogP contribution in [0.4, 0.5) is 4.39 Å². The number of hydrogen-bond donors (Lipinski definition) is 1. The smallest absolute Gasteiger partial charge is 0.126 e. The molecule has 3 heteroatoms. The number of halogens is 1. The summed E-state index contributed by atoms with van der Waals surface area (Å²) in [6.45, 7) is 1.75. The number of nitrogens with two attached hydrogens (primary N) is 1. The van der Waals surface area contributed by atoms with E-state index in [2.05, 4.69) is 0 Å². The van der Waals surface area contributed by atoms with Crippen LogP contribution in [0.5, 0.6) is 5.75 Å². The van der Waals surface area contributed by atoms with Crippen molar-refractivity contribution in [2.24, 2.45) is 5.73 Å². The van der Waals surface area contributed by atoms with Gasteiger partial charge in [0.25, 0.3) is 0 Å². The van der Waals surface area contributed by atoms with Crippen molar-refractivity contribution in [2.75, 3.05) is 7.11 Å². The Morgan fingerprint density at radius 3 is 2.68 bits per heavy atom. The summed E-state index contributed by atoms with van der Waals surface area (Å²) in [5, 5.41) is 0. The molecule has 2 aromatic rings. The lowest BCUT2D eigenvalue weighted by atomic mass is 9.98. The maximum atomic E-state index is 13.2. The van der Waals surface area contributed by atoms with Gasteiger partial charge in [-0.05, 0) is 48.2 Å². The molecule has 100 valence electrons. The fraction of sp³-hybridized carbons (Fsp3) is 0.250. The van der Waals surface area contributed by atoms with Gasteiger partial charge in [0.1, 0.15) is 11.6 Å². The van der Waals surface area contributed by atoms with Crippen LogP contribution in [0, 0.1) is 12.7 Å². The Bertz CT molecular complexity index is 568. The maximum absolute atomic E-state index is 13.2. The third kappa shape index (κ3) is 3.32. The van der Waals surface area contributed by atoms with Crippen LogP contribution in [0.15, 0.2) is 42.5 Å². The Hall–Kier alpha value is -1.87. The van der Waals surface area contributed by atoms with E-state index in [0.29, 0.717) is 12.0 Å². The number of ether oxygens (including phenoxy) is 1. The normalized spacial score (nSPS) is 12.2. The second-order valence-electron chi connectivity index (χ2n) is 4.67. The number of aryl methyl sites for hydroxylation is 1. The molecule has 1 unspecified atom stereocenters. The lowest BCUT2D eigenvalue weighted by Crippen LogP contribution is -2.13. The van der Waals surface area contributed by atoms with Gasteiger partial charge in [-0.2, -0.15) is 0 Å². The van der Waals surface area contributed by atoms with Gasteiger partial charge >= 0.3 is 0 Å². The Labute approximate surface area is 113 Å². The van der Waals surface area contributed by atoms with Gasteiger partial charge in [-0.25, -0.2) is 4.39 Å². The van der Waals surface area contributed by atoms with Crippen LogP contribution in [0.25, 0.3) is 0 Å². The van der Waals surface area contributed by atoms with E-state index in [9.17, 15) is 4.39 Å². The molecule has 1 atom stereocenters. The highest BCUT2D eigenvalue weighted by atomic mass is 19.1. The van der Waals surface area contributed by atoms with Crippen molar-refractivity contribution in [1.82, 2.24) is 0 Å². The van der Waals surface area contributed by atoms with Crippen molar-refractivity contribution >= 4 is 0 Å². The molecule has 0 aliphatic carbocycles. The van der Waals surface area contributed by atoms with E-state index >= 15 is 0 Å². The van der Waals surface area contributed by atoms with E-state index in [0.717, 1.165) is 16.9 Å². The molecule has 2 rings (SSSR count). The summed E-state index contributed by atoms with van der Waals surface area (Å²) >= 11 is 0. The molecule has 0 aliphatic rings. The molecule has 0 aromatic heterocycles. The lowest BCUT2D eigenvalue weighted by Gasteiger charge is -2.13. The number of rotatable bonds is 4. The maximum Gasteiger partial charge on any atom is 0.126 e. The predicted octanol–water partition coefficient (Wildman–Crippen LogP) is 3.39. The van der Waals surface area contributed by atoms with Crippen LogP contribution in [-0.2, 0) is 6.42 Å². The van der Waals surface area contributed by atoms with Gasteiger partial charge in [-0.15, -0.1) is 0 Å². The number of methoxy groups -OCH3 is 1. The molecule has 19 heavy (non-hydrogen) atoms. The highest BCUT2D eigenvalue weighted by Crippen LogP contribution is 2.21. The average molecular weight is 259 g/mol. The van der Waals surface area contributed by atoms with Crippen molar-refractivity contribution in [3.8, 4) is 5.75 Å². The van der Waals surface area contributed by atoms with E-state index in [1.807, 2.05) is 24.3 Å². The molecule has 2 aromatic carbocycles. The van der Waals surface area contributed by atoms with Crippen molar-refractivity contribution in [3.05, 3.63) is 65.0 Å². The Morgan fingerprint density at radius 2 is 2.00 bits per heavy atom. The van der Waals surface area contributed by atoms with Crippen LogP contribution >= 0.6 is 0 Å². The summed E-state index contributed by atoms with van der Waals surface area (Å²) in [6.07, 6.45) is 0.697. The fourth-order valence-electron chi connectivity index (χ4n) is 2.07.